The number of fused-ring (bicyclic) bond motifs is 2. The Bertz CT molecular complexity index is 1080. The highest BCUT2D eigenvalue weighted by Gasteiger charge is 2.39. The van der Waals surface area contributed by atoms with Crippen molar-refractivity contribution in [2.24, 2.45) is 11.8 Å². The first kappa shape index (κ1) is 20.0. The van der Waals surface area contributed by atoms with E-state index in [9.17, 15) is 4.79 Å². The summed E-state index contributed by atoms with van der Waals surface area (Å²) < 4.78 is 7.16. The largest absolute Gasteiger partial charge is 0.497 e. The van der Waals surface area contributed by atoms with Crippen LogP contribution in [0.25, 0.3) is 0 Å². The zero-order valence-electron chi connectivity index (χ0n) is 17.3. The van der Waals surface area contributed by atoms with Crippen LogP contribution in [0, 0.1) is 11.8 Å². The predicted octanol–water partition coefficient (Wildman–Crippen LogP) is 3.50. The van der Waals surface area contributed by atoms with Crippen LogP contribution in [0.5, 0.6) is 5.75 Å². The van der Waals surface area contributed by atoms with Crippen LogP contribution in [-0.4, -0.2) is 45.8 Å². The number of aromatic nitrogens is 3. The summed E-state index contributed by atoms with van der Waals surface area (Å²) in [6, 6.07) is 15.3. The molecule has 7 nitrogen and oxygen atoms in total. The van der Waals surface area contributed by atoms with Crippen LogP contribution >= 0.6 is 11.6 Å². The lowest BCUT2D eigenvalue weighted by Gasteiger charge is -2.25. The van der Waals surface area contributed by atoms with Gasteiger partial charge in [-0.15, -0.1) is 10.2 Å². The van der Waals surface area contributed by atoms with E-state index >= 15 is 0 Å². The van der Waals surface area contributed by atoms with Crippen molar-refractivity contribution >= 4 is 23.2 Å². The van der Waals surface area contributed by atoms with Crippen molar-refractivity contribution in [2.45, 2.75) is 19.5 Å². The summed E-state index contributed by atoms with van der Waals surface area (Å²) in [4.78, 5) is 15.3. The summed E-state index contributed by atoms with van der Waals surface area (Å²) in [6.45, 7) is 3.73. The Labute approximate surface area is 186 Å². The maximum Gasteiger partial charge on any atom is 0.293 e. The fraction of sp³-hybridized carbons (Fsp3) is 0.348. The summed E-state index contributed by atoms with van der Waals surface area (Å²) in [6.07, 6.45) is 0.852. The second-order valence-corrected chi connectivity index (χ2v) is 8.71. The summed E-state index contributed by atoms with van der Waals surface area (Å²) in [5, 5.41) is 12.2. The standard InChI is InChI=1S/C23H24ClN5O2/c1-31-20-8-6-19(7-9-20)25-23(30)22-27-26-21-10-16-12-28(13-17(16)14-29(21)22)11-15-2-4-18(24)5-3-15/h2-9,16-17H,10-14H2,1H3,(H,25,30)/t16-,17+/m0/s1. The SMILES string of the molecule is COc1ccc(NC(=O)c2nnc3n2C[C@H]2CN(Cc4ccc(Cl)cc4)C[C@@H]2C3)cc1. The molecule has 160 valence electrons. The second kappa shape index (κ2) is 8.32. The smallest absolute Gasteiger partial charge is 0.293 e. The van der Waals surface area contributed by atoms with Crippen molar-refractivity contribution < 1.29 is 9.53 Å². The number of anilines is 1. The van der Waals surface area contributed by atoms with Crippen LogP contribution in [-0.2, 0) is 19.5 Å². The molecule has 1 fully saturated rings. The highest BCUT2D eigenvalue weighted by Crippen LogP contribution is 2.33. The third kappa shape index (κ3) is 4.16. The maximum absolute atomic E-state index is 12.8. The van der Waals surface area contributed by atoms with Crippen molar-refractivity contribution in [3.05, 3.63) is 70.8 Å². The quantitative estimate of drug-likeness (QED) is 0.661. The molecule has 0 bridgehead atoms. The molecule has 1 saturated heterocycles. The number of likely N-dealkylation sites (tertiary alicyclic amines) is 1. The normalized spacial score (nSPS) is 20.2. The van der Waals surface area contributed by atoms with Crippen molar-refractivity contribution in [1.82, 2.24) is 19.7 Å². The van der Waals surface area contributed by atoms with E-state index in [0.717, 1.165) is 49.2 Å². The molecule has 2 aromatic carbocycles. The molecule has 0 radical (unpaired) electrons. The predicted molar refractivity (Wildman–Crippen MR) is 118 cm³/mol. The van der Waals surface area contributed by atoms with Crippen LogP contribution in [0.2, 0.25) is 5.02 Å². The number of hydrogen-bond donors (Lipinski definition) is 1. The number of nitrogens with zero attached hydrogens (tertiary/aromatic N) is 4. The van der Waals surface area contributed by atoms with Gasteiger partial charge < -0.3 is 14.6 Å². The van der Waals surface area contributed by atoms with E-state index in [-0.39, 0.29) is 5.91 Å². The number of hydrogen-bond acceptors (Lipinski definition) is 5. The Hall–Kier alpha value is -2.90. The summed E-state index contributed by atoms with van der Waals surface area (Å²) in [5.74, 6) is 2.81. The third-order valence-electron chi connectivity index (χ3n) is 6.21. The molecule has 2 aliphatic rings. The number of ether oxygens (including phenoxy) is 1. The molecule has 8 heteroatoms. The molecule has 1 N–H and O–H groups in total. The highest BCUT2D eigenvalue weighted by molar-refractivity contribution is 6.30. The minimum Gasteiger partial charge on any atom is -0.497 e. The molecule has 5 rings (SSSR count). The molecule has 0 saturated carbocycles. The minimum absolute atomic E-state index is 0.238. The van der Waals surface area contributed by atoms with Crippen molar-refractivity contribution in [3.8, 4) is 5.75 Å². The molecular formula is C23H24ClN5O2. The van der Waals surface area contributed by atoms with Gasteiger partial charge in [0.15, 0.2) is 0 Å². The first-order valence-corrected chi connectivity index (χ1v) is 10.8. The van der Waals surface area contributed by atoms with Crippen LogP contribution < -0.4 is 10.1 Å². The van der Waals surface area contributed by atoms with Crippen LogP contribution in [0.15, 0.2) is 48.5 Å². The number of methoxy groups -OCH3 is 1. The summed E-state index contributed by atoms with van der Waals surface area (Å²) in [7, 11) is 1.61. The van der Waals surface area contributed by atoms with Crippen LogP contribution in [0.3, 0.4) is 0 Å². The molecule has 2 aliphatic heterocycles. The lowest BCUT2D eigenvalue weighted by Crippen LogP contribution is -2.31. The van der Waals surface area contributed by atoms with Gasteiger partial charge in [-0.05, 0) is 53.8 Å². The van der Waals surface area contributed by atoms with Crippen molar-refractivity contribution in [3.63, 3.8) is 0 Å². The minimum atomic E-state index is -0.238. The highest BCUT2D eigenvalue weighted by atomic mass is 35.5. The van der Waals surface area contributed by atoms with Gasteiger partial charge in [-0.2, -0.15) is 0 Å². The molecule has 0 aliphatic carbocycles. The summed E-state index contributed by atoms with van der Waals surface area (Å²) in [5.41, 5.74) is 1.97. The number of nitrogens with one attached hydrogen (secondary N) is 1. The van der Waals surface area contributed by atoms with E-state index in [1.807, 2.05) is 41.0 Å². The number of benzene rings is 2. The Kier molecular flexibility index (Phi) is 5.38. The van der Waals surface area contributed by atoms with Gasteiger partial charge in [0, 0.05) is 43.3 Å². The number of carbonyl (C=O) groups excluding carboxylic acids is 1. The maximum atomic E-state index is 12.8. The fourth-order valence-electron chi connectivity index (χ4n) is 4.63. The Balaban J connectivity index is 1.25. The lowest BCUT2D eigenvalue weighted by molar-refractivity contribution is 0.100. The number of rotatable bonds is 5. The fourth-order valence-corrected chi connectivity index (χ4v) is 4.75. The topological polar surface area (TPSA) is 72.3 Å². The van der Waals surface area contributed by atoms with Gasteiger partial charge in [-0.25, -0.2) is 0 Å². The second-order valence-electron chi connectivity index (χ2n) is 8.28. The van der Waals surface area contributed by atoms with Gasteiger partial charge in [0.1, 0.15) is 11.6 Å². The summed E-state index contributed by atoms with van der Waals surface area (Å²) >= 11 is 6.00. The first-order valence-electron chi connectivity index (χ1n) is 10.4. The van der Waals surface area contributed by atoms with Crippen LogP contribution in [0.4, 0.5) is 5.69 Å². The van der Waals surface area contributed by atoms with Crippen molar-refractivity contribution in [2.75, 3.05) is 25.5 Å². The molecule has 0 unspecified atom stereocenters. The number of amides is 1. The van der Waals surface area contributed by atoms with E-state index < -0.39 is 0 Å². The van der Waals surface area contributed by atoms with E-state index in [0.29, 0.717) is 23.3 Å². The molecule has 3 heterocycles. The Morgan fingerprint density at radius 2 is 1.81 bits per heavy atom. The molecule has 3 aromatic rings. The van der Waals surface area contributed by atoms with Gasteiger partial charge >= 0.3 is 0 Å². The van der Waals surface area contributed by atoms with E-state index in [2.05, 4.69) is 32.5 Å². The van der Waals surface area contributed by atoms with Gasteiger partial charge in [-0.3, -0.25) is 9.69 Å². The van der Waals surface area contributed by atoms with Crippen LogP contribution in [0.1, 0.15) is 22.0 Å². The molecule has 1 aromatic heterocycles. The van der Waals surface area contributed by atoms with Gasteiger partial charge in [0.25, 0.3) is 5.91 Å². The van der Waals surface area contributed by atoms with Gasteiger partial charge in [-0.1, -0.05) is 23.7 Å². The lowest BCUT2D eigenvalue weighted by atomic mass is 9.89. The van der Waals surface area contributed by atoms with Crippen molar-refractivity contribution in [1.29, 1.82) is 0 Å². The van der Waals surface area contributed by atoms with Gasteiger partial charge in [0.05, 0.1) is 7.11 Å². The third-order valence-corrected chi connectivity index (χ3v) is 6.46. The number of carbonyl (C=O) groups is 1. The molecular weight excluding hydrogens is 414 g/mol. The van der Waals surface area contributed by atoms with E-state index in [4.69, 9.17) is 16.3 Å². The molecule has 0 spiro atoms. The van der Waals surface area contributed by atoms with E-state index in [1.54, 1.807) is 7.11 Å². The average Bonchev–Trinajstić information content (AvgIpc) is 3.36. The molecule has 2 atom stereocenters. The Morgan fingerprint density at radius 1 is 1.06 bits per heavy atom. The number of halogens is 1. The van der Waals surface area contributed by atoms with E-state index in [1.165, 1.54) is 5.56 Å². The monoisotopic (exact) mass is 437 g/mol. The average molecular weight is 438 g/mol. The van der Waals surface area contributed by atoms with Gasteiger partial charge in [0.2, 0.25) is 5.82 Å². The molecule has 31 heavy (non-hydrogen) atoms. The zero-order valence-corrected chi connectivity index (χ0v) is 18.0. The first-order chi connectivity index (χ1) is 15.1. The zero-order chi connectivity index (χ0) is 21.4. The Morgan fingerprint density at radius 3 is 2.55 bits per heavy atom. The molecule has 1 amide bonds.